The Morgan fingerprint density at radius 3 is 1.50 bits per heavy atom. The number of rotatable bonds is 1. The Kier molecular flexibility index (Phi) is 45.0. The van der Waals surface area contributed by atoms with Crippen molar-refractivity contribution >= 4 is 23.1 Å². The fraction of sp³-hybridized carbons (Fsp3) is 0.600. The molecule has 0 aromatic heterocycles. The Bertz CT molecular complexity index is 45.7. The van der Waals surface area contributed by atoms with Gasteiger partial charge in [-0.1, -0.05) is 12.5 Å². The molecule has 0 nitrogen and oxygen atoms in total. The van der Waals surface area contributed by atoms with Crippen molar-refractivity contribution in [3.8, 4) is 0 Å². The molecule has 0 bridgehead atoms. The molecule has 3 heteroatoms. The number of hydrogen-bond donors (Lipinski definition) is 0. The van der Waals surface area contributed by atoms with Gasteiger partial charge in [-0.3, -0.25) is 0 Å². The summed E-state index contributed by atoms with van der Waals surface area (Å²) < 4.78 is 0. The topological polar surface area (TPSA) is 0 Å². The van der Waals surface area contributed by atoms with Crippen molar-refractivity contribution in [2.75, 3.05) is 0 Å². The van der Waals surface area contributed by atoms with Crippen molar-refractivity contribution < 1.29 is 48.0 Å². The van der Waals surface area contributed by atoms with E-state index in [9.17, 15) is 0 Å². The molecule has 0 aliphatic heterocycles. The number of allylic oxidation sites excluding steroid dienone is 1. The van der Waals surface area contributed by atoms with Crippen LogP contribution in [-0.4, -0.2) is 23.1 Å². The standard InChI is InChI=1S/C5H10.2HI.Mg/c1-4-5(2)3;;;/h2,4H2,1,3H3;2*1H;/q;;;+2/p-2. The molecule has 0 aromatic rings. The van der Waals surface area contributed by atoms with Crippen LogP contribution in [0, 0.1) is 0 Å². The second kappa shape index (κ2) is 16.0. The van der Waals surface area contributed by atoms with E-state index >= 15 is 0 Å². The molecule has 8 heavy (non-hydrogen) atoms. The second-order valence-corrected chi connectivity index (χ2v) is 1.31. The zero-order valence-electron chi connectivity index (χ0n) is 5.38. The molecule has 0 amide bonds. The molecule has 0 N–H and O–H groups in total. The fourth-order valence-corrected chi connectivity index (χ4v) is 0. The Balaban J connectivity index is -0.0000000267. The van der Waals surface area contributed by atoms with Crippen LogP contribution in [0.3, 0.4) is 0 Å². The van der Waals surface area contributed by atoms with Gasteiger partial charge in [-0.2, -0.15) is 0 Å². The van der Waals surface area contributed by atoms with Gasteiger partial charge in [-0.05, 0) is 13.3 Å². The zero-order chi connectivity index (χ0) is 4.28. The third kappa shape index (κ3) is 24.6. The predicted molar refractivity (Wildman–Crippen MR) is 30.9 cm³/mol. The molecular formula is C5H10I2Mg. The van der Waals surface area contributed by atoms with Crippen LogP contribution >= 0.6 is 0 Å². The minimum Gasteiger partial charge on any atom is -1.00 e. The van der Waals surface area contributed by atoms with Gasteiger partial charge in [0.05, 0.1) is 0 Å². The van der Waals surface area contributed by atoms with Gasteiger partial charge in [0, 0.05) is 0 Å². The predicted octanol–water partition coefficient (Wildman–Crippen LogP) is -4.40. The summed E-state index contributed by atoms with van der Waals surface area (Å²) in [5, 5.41) is 0. The van der Waals surface area contributed by atoms with Crippen LogP contribution < -0.4 is 48.0 Å². The van der Waals surface area contributed by atoms with Crippen molar-refractivity contribution in [1.29, 1.82) is 0 Å². The molecule has 0 unspecified atom stereocenters. The van der Waals surface area contributed by atoms with Crippen LogP contribution in [0.4, 0.5) is 0 Å². The summed E-state index contributed by atoms with van der Waals surface area (Å²) in [6, 6.07) is 0. The minimum atomic E-state index is 0. The summed E-state index contributed by atoms with van der Waals surface area (Å²) in [7, 11) is 0. The molecule has 0 spiro atoms. The first kappa shape index (κ1) is 22.5. The smallest absolute Gasteiger partial charge is 1.00 e. The van der Waals surface area contributed by atoms with Gasteiger partial charge in [0.1, 0.15) is 0 Å². The van der Waals surface area contributed by atoms with E-state index in [1.807, 2.05) is 6.92 Å². The molecule has 0 saturated carbocycles. The van der Waals surface area contributed by atoms with Crippen LogP contribution in [0.1, 0.15) is 20.3 Å². The third-order valence-corrected chi connectivity index (χ3v) is 0.604. The third-order valence-electron chi connectivity index (χ3n) is 0.604. The van der Waals surface area contributed by atoms with Crippen LogP contribution in [-0.2, 0) is 0 Å². The van der Waals surface area contributed by atoms with Crippen LogP contribution in [0.25, 0.3) is 0 Å². The van der Waals surface area contributed by atoms with Crippen molar-refractivity contribution in [2.45, 2.75) is 20.3 Å². The van der Waals surface area contributed by atoms with E-state index in [2.05, 4.69) is 13.5 Å². The molecule has 0 saturated heterocycles. The summed E-state index contributed by atoms with van der Waals surface area (Å²) in [6.07, 6.45) is 1.11. The molecule has 0 atom stereocenters. The molecule has 0 radical (unpaired) electrons. The Hall–Kier alpha value is 1.97. The van der Waals surface area contributed by atoms with Crippen LogP contribution in [0.5, 0.6) is 0 Å². The van der Waals surface area contributed by atoms with Crippen molar-refractivity contribution in [1.82, 2.24) is 0 Å². The first-order chi connectivity index (χ1) is 2.27. The summed E-state index contributed by atoms with van der Waals surface area (Å²) in [5.41, 5.74) is 1.25. The maximum absolute atomic E-state index is 3.67. The average Bonchev–Trinajstić information content (AvgIpc) is 1.38. The van der Waals surface area contributed by atoms with E-state index in [1.165, 1.54) is 5.57 Å². The first-order valence-electron chi connectivity index (χ1n) is 1.91. The number of halogens is 2. The Labute approximate surface area is 102 Å². The monoisotopic (exact) mass is 348 g/mol. The van der Waals surface area contributed by atoms with Gasteiger partial charge in [0.25, 0.3) is 0 Å². The van der Waals surface area contributed by atoms with Crippen molar-refractivity contribution in [3.05, 3.63) is 12.2 Å². The summed E-state index contributed by atoms with van der Waals surface area (Å²) in [6.45, 7) is 7.80. The maximum Gasteiger partial charge on any atom is 2.00 e. The molecule has 0 fully saturated rings. The Morgan fingerprint density at radius 2 is 1.50 bits per heavy atom. The van der Waals surface area contributed by atoms with Gasteiger partial charge >= 0.3 is 23.1 Å². The van der Waals surface area contributed by atoms with E-state index < -0.39 is 0 Å². The van der Waals surface area contributed by atoms with Crippen molar-refractivity contribution in [2.24, 2.45) is 0 Å². The minimum absolute atomic E-state index is 0. The van der Waals surface area contributed by atoms with E-state index in [4.69, 9.17) is 0 Å². The van der Waals surface area contributed by atoms with Gasteiger partial charge in [-0.25, -0.2) is 0 Å². The molecule has 46 valence electrons. The largest absolute Gasteiger partial charge is 2.00 e. The maximum atomic E-state index is 3.67. The van der Waals surface area contributed by atoms with Gasteiger partial charge in [0.2, 0.25) is 0 Å². The van der Waals surface area contributed by atoms with E-state index in [0.29, 0.717) is 0 Å². The SMILES string of the molecule is C=C(C)CC.[I-].[I-].[Mg+2]. The van der Waals surface area contributed by atoms with Gasteiger partial charge in [-0.15, -0.1) is 6.58 Å². The molecule has 0 aliphatic carbocycles. The van der Waals surface area contributed by atoms with Crippen LogP contribution in [0.15, 0.2) is 12.2 Å². The summed E-state index contributed by atoms with van der Waals surface area (Å²) >= 11 is 0. The van der Waals surface area contributed by atoms with E-state index in [-0.39, 0.29) is 71.0 Å². The molecule has 0 rings (SSSR count). The fourth-order valence-electron chi connectivity index (χ4n) is 0. The van der Waals surface area contributed by atoms with Gasteiger partial charge < -0.3 is 48.0 Å². The normalized spacial score (nSPS) is 4.75. The first-order valence-corrected chi connectivity index (χ1v) is 1.91. The average molecular weight is 348 g/mol. The van der Waals surface area contributed by atoms with E-state index in [1.54, 1.807) is 0 Å². The Morgan fingerprint density at radius 1 is 1.38 bits per heavy atom. The quantitative estimate of drug-likeness (QED) is 0.255. The van der Waals surface area contributed by atoms with Crippen LogP contribution in [0.2, 0.25) is 0 Å². The molecule has 0 aromatic carbocycles. The van der Waals surface area contributed by atoms with Crippen molar-refractivity contribution in [3.63, 3.8) is 0 Å². The number of hydrogen-bond acceptors (Lipinski definition) is 0. The molecule has 0 heterocycles. The second-order valence-electron chi connectivity index (χ2n) is 1.31. The molecule has 0 aliphatic rings. The zero-order valence-corrected chi connectivity index (χ0v) is 11.1. The summed E-state index contributed by atoms with van der Waals surface area (Å²) in [5.74, 6) is 0. The van der Waals surface area contributed by atoms with Gasteiger partial charge in [0.15, 0.2) is 0 Å². The molecular weight excluding hydrogens is 338 g/mol. The summed E-state index contributed by atoms with van der Waals surface area (Å²) in [4.78, 5) is 0. The van der Waals surface area contributed by atoms with E-state index in [0.717, 1.165) is 6.42 Å².